The molecule has 22 heavy (non-hydrogen) atoms. The van der Waals surface area contributed by atoms with Gasteiger partial charge in [-0.15, -0.1) is 0 Å². The predicted molar refractivity (Wildman–Crippen MR) is 86.3 cm³/mol. The van der Waals surface area contributed by atoms with Gasteiger partial charge in [0.1, 0.15) is 11.6 Å². The highest BCUT2D eigenvalue weighted by atomic mass is 32.2. The van der Waals surface area contributed by atoms with Crippen molar-refractivity contribution in [1.29, 1.82) is 5.26 Å². The Morgan fingerprint density at radius 1 is 1.45 bits per heavy atom. The van der Waals surface area contributed by atoms with E-state index in [0.29, 0.717) is 18.8 Å². The molecule has 0 radical (unpaired) electrons. The average Bonchev–Trinajstić information content (AvgIpc) is 2.54. The van der Waals surface area contributed by atoms with Gasteiger partial charge >= 0.3 is 0 Å². The van der Waals surface area contributed by atoms with Crippen LogP contribution < -0.4 is 4.90 Å². The Morgan fingerprint density at radius 2 is 2.14 bits per heavy atom. The number of nitro benzene ring substituents is 1. The van der Waals surface area contributed by atoms with Gasteiger partial charge in [-0.3, -0.25) is 14.3 Å². The molecule has 1 aliphatic heterocycles. The molecule has 0 amide bonds. The Bertz CT molecular complexity index is 650. The number of nitriles is 1. The molecule has 0 aromatic heterocycles. The molecular weight excluding hydrogens is 302 g/mol. The van der Waals surface area contributed by atoms with Gasteiger partial charge in [-0.2, -0.15) is 5.26 Å². The molecule has 1 heterocycles. The maximum Gasteiger partial charge on any atom is 0.287 e. The van der Waals surface area contributed by atoms with Crippen molar-refractivity contribution in [2.45, 2.75) is 31.4 Å². The molecule has 0 saturated carbocycles. The number of nitrogens with zero attached hydrogens (tertiary/aromatic N) is 3. The minimum atomic E-state index is -0.865. The lowest BCUT2D eigenvalue weighted by Gasteiger charge is -2.42. The average molecular weight is 321 g/mol. The lowest BCUT2D eigenvalue weighted by Crippen LogP contribution is -2.53. The predicted octanol–water partition coefficient (Wildman–Crippen LogP) is 2.59. The second-order valence-corrected chi connectivity index (χ2v) is 7.40. The molecule has 0 spiro atoms. The molecule has 2 rings (SSSR count). The van der Waals surface area contributed by atoms with Crippen LogP contribution in [-0.4, -0.2) is 32.7 Å². The molecule has 1 atom stereocenters. The fraction of sp³-hybridized carbons (Fsp3) is 0.533. The zero-order valence-electron chi connectivity index (χ0n) is 12.7. The van der Waals surface area contributed by atoms with E-state index in [0.717, 1.165) is 18.5 Å². The quantitative estimate of drug-likeness (QED) is 0.628. The topological polar surface area (TPSA) is 87.2 Å². The van der Waals surface area contributed by atoms with Crippen molar-refractivity contribution in [1.82, 2.24) is 0 Å². The van der Waals surface area contributed by atoms with Crippen LogP contribution in [0.2, 0.25) is 0 Å². The first-order valence-electron chi connectivity index (χ1n) is 7.29. The maximum absolute atomic E-state index is 12.4. The summed E-state index contributed by atoms with van der Waals surface area (Å²) in [4.78, 5) is 12.4. The molecule has 0 aliphatic carbocycles. The Hall–Kier alpha value is -1.94. The van der Waals surface area contributed by atoms with Crippen LogP contribution in [0, 0.1) is 21.4 Å². The van der Waals surface area contributed by atoms with E-state index < -0.39 is 15.7 Å². The molecule has 0 bridgehead atoms. The highest BCUT2D eigenvalue weighted by Gasteiger charge is 2.39. The molecule has 118 valence electrons. The number of benzene rings is 1. The van der Waals surface area contributed by atoms with E-state index in [1.165, 1.54) is 6.07 Å². The van der Waals surface area contributed by atoms with Gasteiger partial charge in [0, 0.05) is 41.4 Å². The van der Waals surface area contributed by atoms with Crippen LogP contribution in [0.25, 0.3) is 0 Å². The summed E-state index contributed by atoms with van der Waals surface area (Å²) in [6.07, 6.45) is 1.65. The largest absolute Gasteiger partial charge is 0.369 e. The van der Waals surface area contributed by atoms with E-state index in [4.69, 9.17) is 5.26 Å². The van der Waals surface area contributed by atoms with E-state index in [2.05, 4.69) is 4.90 Å². The van der Waals surface area contributed by atoms with Crippen LogP contribution in [-0.2, 0) is 10.8 Å². The van der Waals surface area contributed by atoms with Gasteiger partial charge < -0.3 is 4.90 Å². The van der Waals surface area contributed by atoms with E-state index in [1.54, 1.807) is 12.1 Å². The number of hydrogen-bond acceptors (Lipinski definition) is 5. The van der Waals surface area contributed by atoms with Gasteiger partial charge in [0.05, 0.1) is 9.67 Å². The molecule has 1 unspecified atom stereocenters. The number of hydrogen-bond donors (Lipinski definition) is 0. The summed E-state index contributed by atoms with van der Waals surface area (Å²) in [7, 11) is -0.865. The monoisotopic (exact) mass is 321 g/mol. The first kappa shape index (κ1) is 16.4. The Kier molecular flexibility index (Phi) is 4.81. The smallest absolute Gasteiger partial charge is 0.287 e. The molecule has 1 fully saturated rings. The van der Waals surface area contributed by atoms with Gasteiger partial charge in [-0.25, -0.2) is 0 Å². The molecule has 0 N–H and O–H groups in total. The minimum absolute atomic E-state index is 0.0628. The van der Waals surface area contributed by atoms with E-state index in [9.17, 15) is 14.3 Å². The Balaban J connectivity index is 2.35. The zero-order valence-corrected chi connectivity index (χ0v) is 13.6. The zero-order chi connectivity index (χ0) is 16.3. The first-order chi connectivity index (χ1) is 10.5. The molecule has 6 nitrogen and oxygen atoms in total. The fourth-order valence-electron chi connectivity index (χ4n) is 2.89. The van der Waals surface area contributed by atoms with E-state index in [1.807, 2.05) is 19.9 Å². The highest BCUT2D eigenvalue weighted by Crippen LogP contribution is 2.32. The van der Waals surface area contributed by atoms with Gasteiger partial charge in [-0.05, 0) is 25.0 Å². The molecule has 1 aliphatic rings. The maximum atomic E-state index is 12.4. The van der Waals surface area contributed by atoms with Crippen molar-refractivity contribution in [2.24, 2.45) is 0 Å². The van der Waals surface area contributed by atoms with E-state index in [-0.39, 0.29) is 16.0 Å². The van der Waals surface area contributed by atoms with Gasteiger partial charge in [0.25, 0.3) is 5.69 Å². The molecule has 1 saturated heterocycles. The lowest BCUT2D eigenvalue weighted by molar-refractivity contribution is -0.385. The van der Waals surface area contributed by atoms with Gasteiger partial charge in [0.15, 0.2) is 0 Å². The molecule has 1 aromatic carbocycles. The first-order valence-corrected chi connectivity index (χ1v) is 8.61. The third-order valence-electron chi connectivity index (χ3n) is 4.46. The SMILES string of the molecule is CCC1(CC)CN(c2ccc([N+](=O)[O-])c(C#N)c2)CCS1=O. The minimum Gasteiger partial charge on any atom is -0.369 e. The van der Waals surface area contributed by atoms with Crippen LogP contribution in [0.15, 0.2) is 18.2 Å². The van der Waals surface area contributed by atoms with E-state index >= 15 is 0 Å². The van der Waals surface area contributed by atoms with Crippen LogP contribution in [0.1, 0.15) is 32.3 Å². The van der Waals surface area contributed by atoms with Crippen LogP contribution in [0.5, 0.6) is 0 Å². The normalized spacial score (nSPS) is 20.4. The summed E-state index contributed by atoms with van der Waals surface area (Å²) in [5.74, 6) is 0.584. The molecule has 1 aromatic rings. The standard InChI is InChI=1S/C15H19N3O3S/c1-3-15(4-2)11-17(7-8-22(15)21)13-5-6-14(18(19)20)12(9-13)10-16/h5-6,9H,3-4,7-8,11H2,1-2H3. The summed E-state index contributed by atoms with van der Waals surface area (Å²) in [6.45, 7) is 5.37. The van der Waals surface area contributed by atoms with Crippen molar-refractivity contribution in [3.8, 4) is 6.07 Å². The fourth-order valence-corrected chi connectivity index (χ4v) is 4.66. The van der Waals surface area contributed by atoms with Crippen molar-refractivity contribution >= 4 is 22.2 Å². The lowest BCUT2D eigenvalue weighted by atomic mass is 10.0. The van der Waals surface area contributed by atoms with Crippen molar-refractivity contribution < 1.29 is 9.13 Å². The molecule has 7 heteroatoms. The van der Waals surface area contributed by atoms with Crippen LogP contribution in [0.4, 0.5) is 11.4 Å². The third-order valence-corrected chi connectivity index (χ3v) is 6.69. The summed E-state index contributed by atoms with van der Waals surface area (Å²) in [6, 6.07) is 6.49. The van der Waals surface area contributed by atoms with Crippen molar-refractivity contribution in [3.63, 3.8) is 0 Å². The highest BCUT2D eigenvalue weighted by molar-refractivity contribution is 7.86. The Labute approximate surface area is 132 Å². The molecular formula is C15H19N3O3S. The number of anilines is 1. The summed E-state index contributed by atoms with van der Waals surface area (Å²) in [5.41, 5.74) is 0.669. The third kappa shape index (κ3) is 2.83. The summed E-state index contributed by atoms with van der Waals surface area (Å²) in [5, 5.41) is 20.0. The summed E-state index contributed by atoms with van der Waals surface area (Å²) >= 11 is 0. The van der Waals surface area contributed by atoms with Crippen molar-refractivity contribution in [2.75, 3.05) is 23.7 Å². The summed E-state index contributed by atoms with van der Waals surface area (Å²) < 4.78 is 12.1. The van der Waals surface area contributed by atoms with Crippen molar-refractivity contribution in [3.05, 3.63) is 33.9 Å². The second-order valence-electron chi connectivity index (χ2n) is 5.43. The van der Waals surface area contributed by atoms with Gasteiger partial charge in [0.2, 0.25) is 0 Å². The Morgan fingerprint density at radius 3 is 2.68 bits per heavy atom. The van der Waals surface area contributed by atoms with Crippen LogP contribution >= 0.6 is 0 Å². The second kappa shape index (κ2) is 6.44. The number of rotatable bonds is 4. The van der Waals surface area contributed by atoms with Crippen LogP contribution in [0.3, 0.4) is 0 Å². The number of nitro groups is 1. The van der Waals surface area contributed by atoms with Gasteiger partial charge in [-0.1, -0.05) is 13.8 Å².